The van der Waals surface area contributed by atoms with Gasteiger partial charge < -0.3 is 45.2 Å². The number of benzene rings is 1. The second-order valence-electron chi connectivity index (χ2n) is 6.52. The van der Waals surface area contributed by atoms with Crippen LogP contribution in [-0.2, 0) is 9.53 Å². The molecule has 10 nitrogen and oxygen atoms in total. The number of ether oxygens (including phenoxy) is 2. The number of carbonyl (C=O) groups excluding carboxylic acids is 1. The number of thiocarbonyl (C=S) groups is 1. The molecule has 1 unspecified atom stereocenters. The molecule has 6 N–H and O–H groups in total. The van der Waals surface area contributed by atoms with Crippen molar-refractivity contribution in [1.82, 2.24) is 4.90 Å². The fraction of sp³-hybridized carbons (Fsp3) is 0.556. The van der Waals surface area contributed by atoms with E-state index in [2.05, 4.69) is 5.32 Å². The van der Waals surface area contributed by atoms with Crippen LogP contribution in [0.3, 0.4) is 0 Å². The normalized spacial score (nSPS) is 22.7. The van der Waals surface area contributed by atoms with E-state index in [4.69, 9.17) is 26.8 Å². The van der Waals surface area contributed by atoms with Crippen LogP contribution in [0.15, 0.2) is 24.3 Å². The molecule has 1 aliphatic heterocycles. The summed E-state index contributed by atoms with van der Waals surface area (Å²) >= 11 is 6.59. The topological polar surface area (TPSA) is 152 Å². The predicted molar refractivity (Wildman–Crippen MR) is 114 cm³/mol. The van der Waals surface area contributed by atoms with Crippen molar-refractivity contribution in [3.63, 3.8) is 0 Å². The van der Waals surface area contributed by atoms with Crippen LogP contribution in [0.25, 0.3) is 0 Å². The fourth-order valence-electron chi connectivity index (χ4n) is 3.00. The molecule has 12 heteroatoms. The zero-order valence-corrected chi connectivity index (χ0v) is 18.0. The summed E-state index contributed by atoms with van der Waals surface area (Å²) in [5, 5.41) is 51.6. The average Bonchev–Trinajstić information content (AvgIpc) is 3.22. The highest BCUT2D eigenvalue weighted by molar-refractivity contribution is 8.00. The van der Waals surface area contributed by atoms with E-state index < -0.39 is 48.4 Å². The Morgan fingerprint density at radius 1 is 1.27 bits per heavy atom. The van der Waals surface area contributed by atoms with Crippen molar-refractivity contribution in [2.24, 2.45) is 0 Å². The molecule has 0 aromatic heterocycles. The van der Waals surface area contributed by atoms with Gasteiger partial charge in [-0.15, -0.1) is 11.8 Å². The van der Waals surface area contributed by atoms with Gasteiger partial charge in [-0.3, -0.25) is 0 Å². The Balaban J connectivity index is 2.29. The Hall–Kier alpha value is -1.67. The van der Waals surface area contributed by atoms with Gasteiger partial charge in [0.1, 0.15) is 41.6 Å². The number of anilines is 1. The van der Waals surface area contributed by atoms with Crippen molar-refractivity contribution in [3.8, 4) is 5.75 Å². The maximum Gasteiger partial charge on any atom is 0.329 e. The molecule has 30 heavy (non-hydrogen) atoms. The minimum Gasteiger partial charge on any atom is -0.495 e. The molecule has 1 aromatic carbocycles. The van der Waals surface area contributed by atoms with Gasteiger partial charge in [-0.1, -0.05) is 12.1 Å². The monoisotopic (exact) mass is 462 g/mol. The van der Waals surface area contributed by atoms with Gasteiger partial charge in [-0.05, 0) is 24.4 Å². The smallest absolute Gasteiger partial charge is 0.329 e. The Labute approximate surface area is 183 Å². The van der Waals surface area contributed by atoms with Gasteiger partial charge in [0.25, 0.3) is 0 Å². The van der Waals surface area contributed by atoms with Crippen molar-refractivity contribution in [1.29, 1.82) is 0 Å². The lowest BCUT2D eigenvalue weighted by Gasteiger charge is -2.36. The predicted octanol–water partition coefficient (Wildman–Crippen LogP) is -1.26. The van der Waals surface area contributed by atoms with Crippen molar-refractivity contribution in [3.05, 3.63) is 24.3 Å². The molecule has 168 valence electrons. The van der Waals surface area contributed by atoms with Crippen molar-refractivity contribution < 1.29 is 39.8 Å². The number of rotatable bonds is 8. The Kier molecular flexibility index (Phi) is 9.09. The third-order valence-electron chi connectivity index (χ3n) is 4.66. The van der Waals surface area contributed by atoms with Crippen LogP contribution in [-0.4, -0.2) is 104 Å². The molecule has 6 atom stereocenters. The molecular formula is C18H26N2O8S2. The molecule has 1 saturated heterocycles. The molecule has 1 fully saturated rings. The molecule has 0 aliphatic carbocycles. The van der Waals surface area contributed by atoms with E-state index in [-0.39, 0.29) is 10.9 Å². The number of esters is 1. The zero-order valence-electron chi connectivity index (χ0n) is 16.4. The third-order valence-corrected chi connectivity index (χ3v) is 6.33. The zero-order chi connectivity index (χ0) is 22.4. The van der Waals surface area contributed by atoms with Crippen LogP contribution in [0.4, 0.5) is 5.69 Å². The van der Waals surface area contributed by atoms with E-state index in [1.54, 1.807) is 24.3 Å². The Bertz CT molecular complexity index is 740. The summed E-state index contributed by atoms with van der Waals surface area (Å²) in [6, 6.07) is 6.09. The van der Waals surface area contributed by atoms with E-state index in [1.807, 2.05) is 0 Å². The van der Waals surface area contributed by atoms with Crippen LogP contribution in [0.5, 0.6) is 5.75 Å². The number of hydrogen-bond acceptors (Lipinski definition) is 10. The first-order chi connectivity index (χ1) is 14.3. The molecule has 0 spiro atoms. The fourth-order valence-corrected chi connectivity index (χ4v) is 4.86. The molecule has 0 radical (unpaired) electrons. The second-order valence-corrected chi connectivity index (χ2v) is 8.06. The second kappa shape index (κ2) is 11.1. The van der Waals surface area contributed by atoms with Gasteiger partial charge in [-0.2, -0.15) is 0 Å². The summed E-state index contributed by atoms with van der Waals surface area (Å²) in [5.41, 5.74) is 0.523. The number of thioether (sulfide) groups is 1. The maximum atomic E-state index is 12.3. The van der Waals surface area contributed by atoms with Crippen LogP contribution < -0.4 is 10.1 Å². The molecule has 1 aliphatic rings. The first kappa shape index (κ1) is 24.6. The van der Waals surface area contributed by atoms with Gasteiger partial charge in [0.05, 0.1) is 26.5 Å². The first-order valence-corrected chi connectivity index (χ1v) is 10.5. The maximum absolute atomic E-state index is 12.3. The standard InChI is InChI=1S/C18H26N2O8S2/c1-27-12-6-4-3-5-9(12)19-18(29)20-10(17(26)28-2)8-30-16(20)15(25)14(24)13(23)11(22)7-21/h3-6,10-11,13-16,21-25H,7-8H2,1-2H3,(H,19,29)/t10-,11-,13-,14+,15-,16?/m0/s1. The summed E-state index contributed by atoms with van der Waals surface area (Å²) in [6.45, 7) is -0.801. The van der Waals surface area contributed by atoms with Crippen molar-refractivity contribution >= 4 is 40.7 Å². The number of hydrogen-bond donors (Lipinski definition) is 6. The van der Waals surface area contributed by atoms with E-state index in [0.717, 1.165) is 11.8 Å². The lowest BCUT2D eigenvalue weighted by atomic mass is 10.0. The molecule has 1 heterocycles. The SMILES string of the molecule is COC(=O)[C@@H]1CSC([C@@H](O)[C@H](O)[C@@H](O)[C@@H](O)CO)N1C(=S)Nc1ccccc1OC. The number of nitrogens with zero attached hydrogens (tertiary/aromatic N) is 1. The number of aliphatic hydroxyl groups excluding tert-OH is 5. The van der Waals surface area contributed by atoms with E-state index in [0.29, 0.717) is 11.4 Å². The lowest BCUT2D eigenvalue weighted by molar-refractivity contribution is -0.146. The molecule has 0 saturated carbocycles. The van der Waals surface area contributed by atoms with Crippen molar-refractivity contribution in [2.45, 2.75) is 35.8 Å². The average molecular weight is 463 g/mol. The van der Waals surface area contributed by atoms with Gasteiger partial charge in [-0.25, -0.2) is 4.79 Å². The molecular weight excluding hydrogens is 436 g/mol. The number of nitrogens with one attached hydrogen (secondary N) is 1. The minimum absolute atomic E-state index is 0.0633. The molecule has 1 aromatic rings. The van der Waals surface area contributed by atoms with Gasteiger partial charge in [0.15, 0.2) is 5.11 Å². The number of carbonyl (C=O) groups is 1. The van der Waals surface area contributed by atoms with Gasteiger partial charge in [0, 0.05) is 5.75 Å². The van der Waals surface area contributed by atoms with Crippen LogP contribution in [0.2, 0.25) is 0 Å². The summed E-state index contributed by atoms with van der Waals surface area (Å²) < 4.78 is 10.1. The molecule has 0 bridgehead atoms. The Morgan fingerprint density at radius 2 is 1.93 bits per heavy atom. The third kappa shape index (κ3) is 5.32. The number of methoxy groups -OCH3 is 2. The lowest BCUT2D eigenvalue weighted by Crippen LogP contribution is -2.56. The summed E-state index contributed by atoms with van der Waals surface area (Å²) in [7, 11) is 2.71. The van der Waals surface area contributed by atoms with E-state index >= 15 is 0 Å². The van der Waals surface area contributed by atoms with Gasteiger partial charge >= 0.3 is 5.97 Å². The van der Waals surface area contributed by atoms with Crippen LogP contribution in [0.1, 0.15) is 0 Å². The van der Waals surface area contributed by atoms with E-state index in [9.17, 15) is 25.2 Å². The summed E-state index contributed by atoms with van der Waals surface area (Å²) in [5.74, 6) is 0.111. The summed E-state index contributed by atoms with van der Waals surface area (Å²) in [4.78, 5) is 13.7. The van der Waals surface area contributed by atoms with E-state index in [1.165, 1.54) is 19.1 Å². The largest absolute Gasteiger partial charge is 0.495 e. The number of aliphatic hydroxyl groups is 5. The minimum atomic E-state index is -1.81. The highest BCUT2D eigenvalue weighted by Crippen LogP contribution is 2.35. The highest BCUT2D eigenvalue weighted by Gasteiger charge is 2.47. The highest BCUT2D eigenvalue weighted by atomic mass is 32.2. The van der Waals surface area contributed by atoms with Crippen LogP contribution >= 0.6 is 24.0 Å². The van der Waals surface area contributed by atoms with Gasteiger partial charge in [0.2, 0.25) is 0 Å². The first-order valence-electron chi connectivity index (χ1n) is 9.01. The molecule has 0 amide bonds. The number of para-hydroxylation sites is 2. The Morgan fingerprint density at radius 3 is 2.53 bits per heavy atom. The quantitative estimate of drug-likeness (QED) is 0.202. The van der Waals surface area contributed by atoms with Crippen LogP contribution in [0, 0.1) is 0 Å². The summed E-state index contributed by atoms with van der Waals surface area (Å²) in [6.07, 6.45) is -6.87. The molecule has 2 rings (SSSR count). The van der Waals surface area contributed by atoms with Crippen molar-refractivity contribution in [2.75, 3.05) is 31.9 Å².